The van der Waals surface area contributed by atoms with Crippen molar-refractivity contribution in [2.24, 2.45) is 5.41 Å². The highest BCUT2D eigenvalue weighted by Gasteiger charge is 2.15. The van der Waals surface area contributed by atoms with Crippen LogP contribution in [0.15, 0.2) is 47.5 Å². The van der Waals surface area contributed by atoms with Crippen molar-refractivity contribution >= 4 is 10.9 Å². The lowest BCUT2D eigenvalue weighted by atomic mass is 9.88. The van der Waals surface area contributed by atoms with E-state index in [9.17, 15) is 4.79 Å². The van der Waals surface area contributed by atoms with E-state index in [2.05, 4.69) is 25.8 Å². The maximum absolute atomic E-state index is 13.1. The number of benzene rings is 2. The third kappa shape index (κ3) is 4.13. The van der Waals surface area contributed by atoms with Crippen molar-refractivity contribution in [3.8, 4) is 17.2 Å². The van der Waals surface area contributed by atoms with Gasteiger partial charge in [-0.3, -0.25) is 9.36 Å². The molecule has 0 atom stereocenters. The van der Waals surface area contributed by atoms with E-state index in [0.29, 0.717) is 16.7 Å². The number of hydrogen-bond acceptors (Lipinski definition) is 4. The number of aryl methyl sites for hydroxylation is 1. The monoisotopic (exact) mass is 366 g/mol. The van der Waals surface area contributed by atoms with E-state index in [4.69, 9.17) is 9.47 Å². The summed E-state index contributed by atoms with van der Waals surface area (Å²) in [6, 6.07) is 11.1. The number of fused-ring (bicyclic) bond motifs is 1. The Hall–Kier alpha value is -2.82. The van der Waals surface area contributed by atoms with Crippen LogP contribution in [0.1, 0.15) is 32.8 Å². The number of methoxy groups -OCH3 is 2. The van der Waals surface area contributed by atoms with Gasteiger partial charge >= 0.3 is 0 Å². The predicted molar refractivity (Wildman–Crippen MR) is 108 cm³/mol. The smallest absolute Gasteiger partial charge is 0.265 e. The number of nitrogens with zero attached hydrogens (tertiary/aromatic N) is 2. The van der Waals surface area contributed by atoms with Crippen LogP contribution in [0.5, 0.6) is 11.5 Å². The topological polar surface area (TPSA) is 53.4 Å². The fraction of sp³-hybridized carbons (Fsp3) is 0.364. The molecular formula is C22H26N2O3. The quantitative estimate of drug-likeness (QED) is 0.672. The second kappa shape index (κ2) is 7.43. The largest absolute Gasteiger partial charge is 0.497 e. The number of hydrogen-bond donors (Lipinski definition) is 0. The molecule has 0 spiro atoms. The van der Waals surface area contributed by atoms with Gasteiger partial charge in [0, 0.05) is 0 Å². The lowest BCUT2D eigenvalue weighted by Crippen LogP contribution is -2.20. The summed E-state index contributed by atoms with van der Waals surface area (Å²) < 4.78 is 12.3. The third-order valence-electron chi connectivity index (χ3n) is 4.66. The average Bonchev–Trinajstić information content (AvgIpc) is 2.66. The van der Waals surface area contributed by atoms with Crippen molar-refractivity contribution < 1.29 is 9.47 Å². The zero-order valence-corrected chi connectivity index (χ0v) is 16.6. The Balaban J connectivity index is 2.15. The second-order valence-electron chi connectivity index (χ2n) is 7.86. The van der Waals surface area contributed by atoms with Crippen LogP contribution in [0, 0.1) is 5.41 Å². The molecule has 1 aromatic heterocycles. The summed E-state index contributed by atoms with van der Waals surface area (Å²) >= 11 is 0. The molecule has 0 unspecified atom stereocenters. The van der Waals surface area contributed by atoms with Crippen LogP contribution >= 0.6 is 0 Å². The molecule has 1 heterocycles. The minimum absolute atomic E-state index is 0.110. The molecule has 5 nitrogen and oxygen atoms in total. The Morgan fingerprint density at radius 3 is 2.33 bits per heavy atom. The predicted octanol–water partition coefficient (Wildman–Crippen LogP) is 4.38. The summed E-state index contributed by atoms with van der Waals surface area (Å²) in [5.41, 5.74) is 2.64. The maximum atomic E-state index is 13.1. The van der Waals surface area contributed by atoms with Crippen LogP contribution in [0.2, 0.25) is 0 Å². The van der Waals surface area contributed by atoms with Gasteiger partial charge in [-0.05, 0) is 60.2 Å². The third-order valence-corrected chi connectivity index (χ3v) is 4.66. The highest BCUT2D eigenvalue weighted by molar-refractivity contribution is 5.79. The molecule has 0 saturated carbocycles. The van der Waals surface area contributed by atoms with Gasteiger partial charge in [-0.1, -0.05) is 20.8 Å². The Morgan fingerprint density at radius 1 is 1.00 bits per heavy atom. The molecule has 2 aromatic carbocycles. The van der Waals surface area contributed by atoms with Gasteiger partial charge < -0.3 is 9.47 Å². The van der Waals surface area contributed by atoms with Gasteiger partial charge in [-0.25, -0.2) is 4.98 Å². The van der Waals surface area contributed by atoms with E-state index in [-0.39, 0.29) is 11.0 Å². The summed E-state index contributed by atoms with van der Waals surface area (Å²) in [6.45, 7) is 6.63. The van der Waals surface area contributed by atoms with Gasteiger partial charge in [0.1, 0.15) is 17.8 Å². The van der Waals surface area contributed by atoms with Crippen molar-refractivity contribution in [2.45, 2.75) is 33.6 Å². The van der Waals surface area contributed by atoms with Gasteiger partial charge in [0.05, 0.1) is 30.8 Å². The zero-order chi connectivity index (χ0) is 19.6. The van der Waals surface area contributed by atoms with E-state index in [1.807, 2.05) is 18.2 Å². The first-order valence-electron chi connectivity index (χ1n) is 9.05. The zero-order valence-electron chi connectivity index (χ0n) is 16.6. The molecule has 0 saturated heterocycles. The summed E-state index contributed by atoms with van der Waals surface area (Å²) in [4.78, 5) is 17.6. The van der Waals surface area contributed by atoms with Crippen molar-refractivity contribution in [1.82, 2.24) is 9.55 Å². The Kier molecular flexibility index (Phi) is 5.22. The maximum Gasteiger partial charge on any atom is 0.265 e. The van der Waals surface area contributed by atoms with Gasteiger partial charge in [0.2, 0.25) is 0 Å². The standard InChI is InChI=1S/C22H26N2O3/c1-22(2,3)11-10-15-12-16(26-4)7-9-20(15)24-14-23-19-8-6-17(27-5)13-18(19)21(24)25/h6-9,12-14H,10-11H2,1-5H3. The van der Waals surface area contributed by atoms with Gasteiger partial charge in [0.25, 0.3) is 5.56 Å². The van der Waals surface area contributed by atoms with Gasteiger partial charge in [-0.2, -0.15) is 0 Å². The van der Waals surface area contributed by atoms with Crippen molar-refractivity contribution in [1.29, 1.82) is 0 Å². The lowest BCUT2D eigenvalue weighted by Gasteiger charge is -2.20. The van der Waals surface area contributed by atoms with Crippen molar-refractivity contribution in [2.75, 3.05) is 14.2 Å². The highest BCUT2D eigenvalue weighted by Crippen LogP contribution is 2.27. The summed E-state index contributed by atoms with van der Waals surface area (Å²) in [5.74, 6) is 1.42. The van der Waals surface area contributed by atoms with Crippen LogP contribution < -0.4 is 15.0 Å². The minimum Gasteiger partial charge on any atom is -0.497 e. The molecule has 142 valence electrons. The van der Waals surface area contributed by atoms with Crippen LogP contribution in [0.4, 0.5) is 0 Å². The van der Waals surface area contributed by atoms with E-state index in [1.165, 1.54) is 0 Å². The Bertz CT molecular complexity index is 1020. The number of ether oxygens (including phenoxy) is 2. The Labute approximate surface area is 159 Å². The summed E-state index contributed by atoms with van der Waals surface area (Å²) in [6.07, 6.45) is 3.44. The van der Waals surface area contributed by atoms with E-state index < -0.39 is 0 Å². The average molecular weight is 366 g/mol. The highest BCUT2D eigenvalue weighted by atomic mass is 16.5. The van der Waals surface area contributed by atoms with Crippen LogP contribution in [-0.4, -0.2) is 23.8 Å². The first kappa shape index (κ1) is 19.0. The molecule has 0 bridgehead atoms. The molecule has 5 heteroatoms. The molecule has 0 N–H and O–H groups in total. The molecule has 3 aromatic rings. The lowest BCUT2D eigenvalue weighted by molar-refractivity contribution is 0.377. The van der Waals surface area contributed by atoms with E-state index in [0.717, 1.165) is 29.8 Å². The molecule has 0 amide bonds. The second-order valence-corrected chi connectivity index (χ2v) is 7.86. The molecule has 0 aliphatic rings. The molecule has 27 heavy (non-hydrogen) atoms. The molecule has 3 rings (SSSR count). The van der Waals surface area contributed by atoms with Crippen LogP contribution in [0.25, 0.3) is 16.6 Å². The van der Waals surface area contributed by atoms with Crippen LogP contribution in [0.3, 0.4) is 0 Å². The molecule has 0 aliphatic carbocycles. The van der Waals surface area contributed by atoms with Crippen molar-refractivity contribution in [3.63, 3.8) is 0 Å². The molecule has 0 aliphatic heterocycles. The summed E-state index contributed by atoms with van der Waals surface area (Å²) in [7, 11) is 3.24. The van der Waals surface area contributed by atoms with Gasteiger partial charge in [0.15, 0.2) is 0 Å². The van der Waals surface area contributed by atoms with E-state index >= 15 is 0 Å². The fourth-order valence-electron chi connectivity index (χ4n) is 3.03. The number of aromatic nitrogens is 2. The minimum atomic E-state index is -0.110. The first-order chi connectivity index (χ1) is 12.8. The molecule has 0 fully saturated rings. The Morgan fingerprint density at radius 2 is 1.67 bits per heavy atom. The van der Waals surface area contributed by atoms with Crippen molar-refractivity contribution in [3.05, 3.63) is 58.6 Å². The molecule has 0 radical (unpaired) electrons. The van der Waals surface area contributed by atoms with Crippen LogP contribution in [-0.2, 0) is 6.42 Å². The normalized spacial score (nSPS) is 11.6. The number of rotatable bonds is 5. The fourth-order valence-corrected chi connectivity index (χ4v) is 3.03. The van der Waals surface area contributed by atoms with E-state index in [1.54, 1.807) is 43.3 Å². The van der Waals surface area contributed by atoms with Gasteiger partial charge in [-0.15, -0.1) is 0 Å². The molecular weight excluding hydrogens is 340 g/mol. The first-order valence-corrected chi connectivity index (χ1v) is 9.05. The summed E-state index contributed by atoms with van der Waals surface area (Å²) in [5, 5.41) is 0.537. The SMILES string of the molecule is COc1ccc(-n2cnc3ccc(OC)cc3c2=O)c(CCC(C)(C)C)c1.